The van der Waals surface area contributed by atoms with Gasteiger partial charge in [-0.25, -0.2) is 15.0 Å². The number of anilines is 3. The first-order valence-electron chi connectivity index (χ1n) is 10.3. The lowest BCUT2D eigenvalue weighted by Gasteiger charge is -2.18. The van der Waals surface area contributed by atoms with Gasteiger partial charge in [-0.1, -0.05) is 36.4 Å². The molecule has 1 N–H and O–H groups in total. The van der Waals surface area contributed by atoms with E-state index in [0.29, 0.717) is 16.9 Å². The van der Waals surface area contributed by atoms with Crippen LogP contribution in [0, 0.1) is 6.92 Å². The van der Waals surface area contributed by atoms with Gasteiger partial charge in [0.2, 0.25) is 0 Å². The molecule has 32 heavy (non-hydrogen) atoms. The van der Waals surface area contributed by atoms with Gasteiger partial charge in [0.05, 0.1) is 5.52 Å². The molecule has 0 fully saturated rings. The minimum absolute atomic E-state index is 0.0995. The zero-order valence-corrected chi connectivity index (χ0v) is 17.8. The van der Waals surface area contributed by atoms with Gasteiger partial charge in [-0.3, -0.25) is 4.79 Å². The van der Waals surface area contributed by atoms with E-state index in [2.05, 4.69) is 15.3 Å². The standard InChI is InChI=1S/C26H21N5O/c1-17-7-6-8-19(13-17)29-25-24-22(15-27-16-28-24)21-12-11-18(14-23(21)30-25)26(32)31(2)20-9-4-3-5-10-20/h3-16H,1-2H3,(H,29,30). The second kappa shape index (κ2) is 8.07. The lowest BCUT2D eigenvalue weighted by molar-refractivity contribution is 0.0993. The molecule has 5 rings (SSSR count). The number of amides is 1. The fourth-order valence-corrected chi connectivity index (χ4v) is 3.78. The number of aromatic nitrogens is 3. The van der Waals surface area contributed by atoms with Crippen LogP contribution in [0.4, 0.5) is 17.2 Å². The third kappa shape index (κ3) is 3.63. The Balaban J connectivity index is 1.61. The average Bonchev–Trinajstić information content (AvgIpc) is 2.83. The first-order chi connectivity index (χ1) is 15.6. The number of rotatable bonds is 4. The van der Waals surface area contributed by atoms with Crippen molar-refractivity contribution in [1.82, 2.24) is 15.0 Å². The van der Waals surface area contributed by atoms with Crippen LogP contribution in [-0.2, 0) is 0 Å². The number of para-hydroxylation sites is 1. The molecule has 2 heterocycles. The van der Waals surface area contributed by atoms with Gasteiger partial charge < -0.3 is 10.2 Å². The fourth-order valence-electron chi connectivity index (χ4n) is 3.78. The van der Waals surface area contributed by atoms with Gasteiger partial charge in [-0.2, -0.15) is 0 Å². The fraction of sp³-hybridized carbons (Fsp3) is 0.0769. The van der Waals surface area contributed by atoms with Gasteiger partial charge in [0.1, 0.15) is 11.8 Å². The highest BCUT2D eigenvalue weighted by Gasteiger charge is 2.16. The number of pyridine rings is 1. The maximum Gasteiger partial charge on any atom is 0.258 e. The summed E-state index contributed by atoms with van der Waals surface area (Å²) in [6, 6.07) is 23.2. The molecule has 0 atom stereocenters. The highest BCUT2D eigenvalue weighted by atomic mass is 16.2. The van der Waals surface area contributed by atoms with E-state index in [1.807, 2.05) is 79.7 Å². The van der Waals surface area contributed by atoms with E-state index in [1.165, 1.54) is 6.33 Å². The Morgan fingerprint density at radius 3 is 2.59 bits per heavy atom. The molecule has 0 radical (unpaired) electrons. The molecule has 0 aliphatic rings. The van der Waals surface area contributed by atoms with Crippen LogP contribution in [0.3, 0.4) is 0 Å². The Hall–Kier alpha value is -4.32. The second-order valence-electron chi connectivity index (χ2n) is 7.67. The number of hydrogen-bond acceptors (Lipinski definition) is 5. The van der Waals surface area contributed by atoms with E-state index < -0.39 is 0 Å². The predicted molar refractivity (Wildman–Crippen MR) is 128 cm³/mol. The van der Waals surface area contributed by atoms with Gasteiger partial charge in [0.15, 0.2) is 5.82 Å². The largest absolute Gasteiger partial charge is 0.338 e. The topological polar surface area (TPSA) is 71.0 Å². The molecule has 156 valence electrons. The molecule has 0 saturated carbocycles. The van der Waals surface area contributed by atoms with Crippen LogP contribution < -0.4 is 10.2 Å². The minimum Gasteiger partial charge on any atom is -0.338 e. The van der Waals surface area contributed by atoms with Crippen molar-refractivity contribution >= 4 is 44.9 Å². The highest BCUT2D eigenvalue weighted by molar-refractivity contribution is 6.12. The number of carbonyl (C=O) groups excluding carboxylic acids is 1. The second-order valence-corrected chi connectivity index (χ2v) is 7.67. The summed E-state index contributed by atoms with van der Waals surface area (Å²) >= 11 is 0. The summed E-state index contributed by atoms with van der Waals surface area (Å²) in [6.07, 6.45) is 3.30. The first kappa shape index (κ1) is 19.6. The number of aryl methyl sites for hydroxylation is 1. The molecular weight excluding hydrogens is 398 g/mol. The van der Waals surface area contributed by atoms with Gasteiger partial charge >= 0.3 is 0 Å². The number of fused-ring (bicyclic) bond motifs is 3. The smallest absolute Gasteiger partial charge is 0.258 e. The third-order valence-corrected chi connectivity index (χ3v) is 5.43. The first-order valence-corrected chi connectivity index (χ1v) is 10.3. The van der Waals surface area contributed by atoms with Crippen LogP contribution in [0.1, 0.15) is 15.9 Å². The molecule has 6 nitrogen and oxygen atoms in total. The van der Waals surface area contributed by atoms with Crippen LogP contribution in [0.25, 0.3) is 21.8 Å². The Labute approximate surface area is 185 Å². The number of benzene rings is 3. The molecule has 0 bridgehead atoms. The number of hydrogen-bond donors (Lipinski definition) is 1. The maximum atomic E-state index is 13.1. The van der Waals surface area contributed by atoms with E-state index >= 15 is 0 Å². The molecule has 1 amide bonds. The van der Waals surface area contributed by atoms with Crippen LogP contribution >= 0.6 is 0 Å². The van der Waals surface area contributed by atoms with Crippen LogP contribution in [0.15, 0.2) is 85.3 Å². The average molecular weight is 419 g/mol. The van der Waals surface area contributed by atoms with Crippen LogP contribution in [0.5, 0.6) is 0 Å². The SMILES string of the molecule is Cc1cccc(Nc2nc3cc(C(=O)N(C)c4ccccc4)ccc3c3cncnc23)c1. The Morgan fingerprint density at radius 2 is 1.78 bits per heavy atom. The van der Waals surface area contributed by atoms with Crippen molar-refractivity contribution in [3.63, 3.8) is 0 Å². The quantitative estimate of drug-likeness (QED) is 0.389. The summed E-state index contributed by atoms with van der Waals surface area (Å²) in [5, 5.41) is 5.16. The van der Waals surface area contributed by atoms with Crippen LogP contribution in [-0.4, -0.2) is 27.9 Å². The summed E-state index contributed by atoms with van der Waals surface area (Å²) in [6.45, 7) is 2.04. The zero-order chi connectivity index (χ0) is 22.1. The lowest BCUT2D eigenvalue weighted by atomic mass is 10.1. The van der Waals surface area contributed by atoms with Crippen molar-refractivity contribution in [2.75, 3.05) is 17.3 Å². The molecule has 3 aromatic carbocycles. The molecule has 0 aliphatic heterocycles. The van der Waals surface area contributed by atoms with E-state index in [1.54, 1.807) is 18.1 Å². The molecule has 0 unspecified atom stereocenters. The molecular formula is C26H21N5O. The van der Waals surface area contributed by atoms with Crippen molar-refractivity contribution in [1.29, 1.82) is 0 Å². The van der Waals surface area contributed by atoms with E-state index in [-0.39, 0.29) is 5.91 Å². The molecule has 0 saturated heterocycles. The molecule has 0 aliphatic carbocycles. The normalized spacial score (nSPS) is 10.9. The van der Waals surface area contributed by atoms with Gasteiger partial charge in [0, 0.05) is 41.0 Å². The van der Waals surface area contributed by atoms with Crippen molar-refractivity contribution in [3.05, 3.63) is 96.4 Å². The minimum atomic E-state index is -0.0995. The van der Waals surface area contributed by atoms with Crippen molar-refractivity contribution in [2.45, 2.75) is 6.92 Å². The molecule has 5 aromatic rings. The molecule has 6 heteroatoms. The Kier molecular flexibility index (Phi) is 4.95. The lowest BCUT2D eigenvalue weighted by Crippen LogP contribution is -2.26. The summed E-state index contributed by atoms with van der Waals surface area (Å²) in [4.78, 5) is 28.3. The van der Waals surface area contributed by atoms with E-state index in [9.17, 15) is 4.79 Å². The summed E-state index contributed by atoms with van der Waals surface area (Å²) in [7, 11) is 1.77. The van der Waals surface area contributed by atoms with Crippen molar-refractivity contribution in [3.8, 4) is 0 Å². The summed E-state index contributed by atoms with van der Waals surface area (Å²) < 4.78 is 0. The number of nitrogens with zero attached hydrogens (tertiary/aromatic N) is 4. The van der Waals surface area contributed by atoms with Crippen molar-refractivity contribution < 1.29 is 4.79 Å². The summed E-state index contributed by atoms with van der Waals surface area (Å²) in [5.74, 6) is 0.527. The third-order valence-electron chi connectivity index (χ3n) is 5.43. The maximum absolute atomic E-state index is 13.1. The Bertz CT molecular complexity index is 1450. The summed E-state index contributed by atoms with van der Waals surface area (Å²) in [5.41, 5.74) is 4.90. The van der Waals surface area contributed by atoms with E-state index in [4.69, 9.17) is 4.98 Å². The predicted octanol–water partition coefficient (Wildman–Crippen LogP) is 5.51. The van der Waals surface area contributed by atoms with Crippen molar-refractivity contribution in [2.24, 2.45) is 0 Å². The highest BCUT2D eigenvalue weighted by Crippen LogP contribution is 2.30. The molecule has 0 spiro atoms. The van der Waals surface area contributed by atoms with Gasteiger partial charge in [-0.05, 0) is 48.9 Å². The Morgan fingerprint density at radius 1 is 0.938 bits per heavy atom. The van der Waals surface area contributed by atoms with E-state index in [0.717, 1.165) is 33.2 Å². The molecule has 2 aromatic heterocycles. The number of carbonyl (C=O) groups is 1. The monoisotopic (exact) mass is 419 g/mol. The number of nitrogens with one attached hydrogen (secondary N) is 1. The zero-order valence-electron chi connectivity index (χ0n) is 17.8. The van der Waals surface area contributed by atoms with Gasteiger partial charge in [-0.15, -0.1) is 0 Å². The van der Waals surface area contributed by atoms with Crippen LogP contribution in [0.2, 0.25) is 0 Å². The van der Waals surface area contributed by atoms with Gasteiger partial charge in [0.25, 0.3) is 5.91 Å².